The molecule has 0 aliphatic rings. The van der Waals surface area contributed by atoms with Gasteiger partial charge in [0.05, 0.1) is 0 Å². The summed E-state index contributed by atoms with van der Waals surface area (Å²) in [5.74, 6) is 1.80. The zero-order valence-electron chi connectivity index (χ0n) is 6.68. The molecule has 0 aliphatic heterocycles. The van der Waals surface area contributed by atoms with E-state index in [1.165, 1.54) is 32.1 Å². The Balaban J connectivity index is 2.83. The fourth-order valence-electron chi connectivity index (χ4n) is 0.892. The van der Waals surface area contributed by atoms with Crippen LogP contribution in [0.25, 0.3) is 0 Å². The van der Waals surface area contributed by atoms with Crippen LogP contribution in [0.2, 0.25) is 0 Å². The van der Waals surface area contributed by atoms with E-state index >= 15 is 0 Å². The Morgan fingerprint density at radius 3 is 2.50 bits per heavy atom. The quantitative estimate of drug-likeness (QED) is 0.428. The Hall–Kier alpha value is 0.100. The molecule has 0 aromatic carbocycles. The molecule has 2 heteroatoms. The van der Waals surface area contributed by atoms with Crippen molar-refractivity contribution >= 4 is 13.9 Å². The first-order valence-corrected chi connectivity index (χ1v) is 4.94. The number of rotatable bonds is 6. The number of unbranched alkanes of at least 4 members (excludes halogenated alkanes) is 5. The van der Waals surface area contributed by atoms with Gasteiger partial charge in [0.15, 0.2) is 0 Å². The fraction of sp³-hybridized carbons (Fsp3) is 0.875. The molecule has 0 heterocycles. The summed E-state index contributed by atoms with van der Waals surface area (Å²) in [6.07, 6.45) is 7.47. The van der Waals surface area contributed by atoms with Gasteiger partial charge in [0.2, 0.25) is 0 Å². The summed E-state index contributed by atoms with van der Waals surface area (Å²) in [5.41, 5.74) is 0. The van der Waals surface area contributed by atoms with Gasteiger partial charge in [-0.25, -0.2) is 0 Å². The van der Waals surface area contributed by atoms with E-state index in [-0.39, 0.29) is 8.08 Å². The average molecular weight is 159 g/mol. The molecule has 0 radical (unpaired) electrons. The van der Waals surface area contributed by atoms with Gasteiger partial charge in [0.25, 0.3) is 0 Å². The number of hydrogen-bond donors (Lipinski definition) is 0. The zero-order valence-corrected chi connectivity index (χ0v) is 7.57. The Bertz CT molecular complexity index is 106. The molecule has 0 bridgehead atoms. The van der Waals surface area contributed by atoms with Gasteiger partial charge in [0, 0.05) is 0 Å². The molecule has 0 atom stereocenters. The van der Waals surface area contributed by atoms with Gasteiger partial charge in [-0.3, -0.25) is 0 Å². The summed E-state index contributed by atoms with van der Waals surface area (Å²) >= 11 is 0. The molecule has 0 amide bonds. The molecule has 0 N–H and O–H groups in total. The van der Waals surface area contributed by atoms with Gasteiger partial charge in [-0.05, 0) is 0 Å². The molecule has 58 valence electrons. The molecule has 0 aromatic rings. The van der Waals surface area contributed by atoms with Crippen molar-refractivity contribution in [2.75, 3.05) is 0 Å². The van der Waals surface area contributed by atoms with E-state index in [1.807, 2.05) is 0 Å². The molecule has 0 aliphatic carbocycles. The topological polar surface area (TPSA) is 17.1 Å². The van der Waals surface area contributed by atoms with Crippen molar-refractivity contribution in [1.29, 1.82) is 0 Å². The maximum absolute atomic E-state index is 9.94. The first-order valence-electron chi connectivity index (χ1n) is 4.06. The molecular formula is C8H16OP+. The van der Waals surface area contributed by atoms with E-state index in [2.05, 4.69) is 6.92 Å². The van der Waals surface area contributed by atoms with Crippen molar-refractivity contribution in [2.24, 2.45) is 0 Å². The van der Waals surface area contributed by atoms with Gasteiger partial charge in [-0.1, -0.05) is 0 Å². The first kappa shape index (κ1) is 10.1. The Morgan fingerprint density at radius 1 is 1.20 bits per heavy atom. The molecule has 0 saturated carbocycles. The van der Waals surface area contributed by atoms with Crippen molar-refractivity contribution < 1.29 is 4.57 Å². The van der Waals surface area contributed by atoms with Crippen LogP contribution in [0, 0.1) is 0 Å². The SMILES string of the molecule is CCCCCCCC=[P+]=O. The third kappa shape index (κ3) is 8.10. The van der Waals surface area contributed by atoms with Crippen molar-refractivity contribution in [3.8, 4) is 0 Å². The normalized spacial score (nSPS) is 9.30. The minimum absolute atomic E-state index is 0.193. The van der Waals surface area contributed by atoms with Crippen molar-refractivity contribution in [3.05, 3.63) is 0 Å². The van der Waals surface area contributed by atoms with E-state index < -0.39 is 0 Å². The average Bonchev–Trinajstić information content (AvgIpc) is 1.97. The summed E-state index contributed by atoms with van der Waals surface area (Å²) in [4.78, 5) is 0. The predicted molar refractivity (Wildman–Crippen MR) is 47.0 cm³/mol. The summed E-state index contributed by atoms with van der Waals surface area (Å²) < 4.78 is 9.94. The van der Waals surface area contributed by atoms with Crippen LogP contribution in [0.5, 0.6) is 0 Å². The summed E-state index contributed by atoms with van der Waals surface area (Å²) in [6, 6.07) is 0. The van der Waals surface area contributed by atoms with Crippen LogP contribution in [0.1, 0.15) is 45.4 Å². The van der Waals surface area contributed by atoms with E-state index in [0.717, 1.165) is 6.42 Å². The van der Waals surface area contributed by atoms with Gasteiger partial charge in [-0.2, -0.15) is 0 Å². The van der Waals surface area contributed by atoms with Crippen LogP contribution in [0.4, 0.5) is 0 Å². The summed E-state index contributed by atoms with van der Waals surface area (Å²) in [7, 11) is 0.193. The van der Waals surface area contributed by atoms with Crippen molar-refractivity contribution in [2.45, 2.75) is 45.4 Å². The van der Waals surface area contributed by atoms with E-state index in [1.54, 1.807) is 5.80 Å². The zero-order chi connectivity index (χ0) is 7.66. The van der Waals surface area contributed by atoms with E-state index in [4.69, 9.17) is 0 Å². The summed E-state index contributed by atoms with van der Waals surface area (Å²) in [6.45, 7) is 2.21. The van der Waals surface area contributed by atoms with Gasteiger partial charge in [0.1, 0.15) is 0 Å². The third-order valence-corrected chi connectivity index (χ3v) is 1.92. The van der Waals surface area contributed by atoms with Crippen LogP contribution in [0.15, 0.2) is 0 Å². The van der Waals surface area contributed by atoms with Crippen LogP contribution >= 0.6 is 8.08 Å². The molecule has 0 fully saturated rings. The second kappa shape index (κ2) is 9.10. The standard InChI is InChI=1S/C8H16OP/c1-2-3-4-5-6-7-8-10-9/h8H,2-7H2,1H3/q+1. The van der Waals surface area contributed by atoms with Crippen LogP contribution in [-0.4, -0.2) is 5.80 Å². The molecule has 0 aromatic heterocycles. The molecule has 0 rings (SSSR count). The fourth-order valence-corrected chi connectivity index (χ4v) is 1.18. The molecule has 10 heavy (non-hydrogen) atoms. The Morgan fingerprint density at radius 2 is 1.90 bits per heavy atom. The van der Waals surface area contributed by atoms with E-state index in [9.17, 15) is 4.57 Å². The van der Waals surface area contributed by atoms with Crippen LogP contribution in [-0.2, 0) is 4.57 Å². The second-order valence-corrected chi connectivity index (χ2v) is 3.07. The minimum atomic E-state index is 0.193. The van der Waals surface area contributed by atoms with E-state index in [0.29, 0.717) is 0 Å². The first-order chi connectivity index (χ1) is 4.91. The van der Waals surface area contributed by atoms with Gasteiger partial charge >= 0.3 is 63.9 Å². The van der Waals surface area contributed by atoms with Crippen LogP contribution in [0.3, 0.4) is 0 Å². The maximum atomic E-state index is 9.94. The second-order valence-electron chi connectivity index (χ2n) is 2.49. The molecule has 0 saturated heterocycles. The van der Waals surface area contributed by atoms with Gasteiger partial charge < -0.3 is 0 Å². The third-order valence-electron chi connectivity index (χ3n) is 1.51. The van der Waals surface area contributed by atoms with Gasteiger partial charge in [-0.15, -0.1) is 0 Å². The van der Waals surface area contributed by atoms with Crippen LogP contribution < -0.4 is 0 Å². The molecule has 0 spiro atoms. The molecular weight excluding hydrogens is 143 g/mol. The number of hydrogen-bond acceptors (Lipinski definition) is 1. The Labute approximate surface area is 64.7 Å². The van der Waals surface area contributed by atoms with Crippen molar-refractivity contribution in [3.63, 3.8) is 0 Å². The molecule has 0 unspecified atom stereocenters. The predicted octanol–water partition coefficient (Wildman–Crippen LogP) is 3.44. The monoisotopic (exact) mass is 159 g/mol. The Kier molecular flexibility index (Phi) is 9.19. The van der Waals surface area contributed by atoms with Crippen molar-refractivity contribution in [1.82, 2.24) is 0 Å². The molecule has 1 nitrogen and oxygen atoms in total. The summed E-state index contributed by atoms with van der Waals surface area (Å²) in [5, 5.41) is 0.